The first-order valence-electron chi connectivity index (χ1n) is 7.66. The highest BCUT2D eigenvalue weighted by Crippen LogP contribution is 2.54. The van der Waals surface area contributed by atoms with Crippen LogP contribution in [0.15, 0.2) is 6.07 Å². The van der Waals surface area contributed by atoms with Crippen LogP contribution in [0.2, 0.25) is 5.28 Å². The lowest BCUT2D eigenvalue weighted by Crippen LogP contribution is -2.26. The molecule has 3 rings (SSSR count). The van der Waals surface area contributed by atoms with E-state index in [1.807, 2.05) is 6.07 Å². The van der Waals surface area contributed by atoms with E-state index in [0.29, 0.717) is 29.5 Å². The number of anilines is 1. The normalized spacial score (nSPS) is 26.8. The highest BCUT2D eigenvalue weighted by molar-refractivity contribution is 6.28. The summed E-state index contributed by atoms with van der Waals surface area (Å²) in [6, 6.07) is 2.03. The zero-order chi connectivity index (χ0) is 16.1. The van der Waals surface area contributed by atoms with Crippen molar-refractivity contribution in [1.82, 2.24) is 9.97 Å². The number of rotatable bonds is 3. The van der Waals surface area contributed by atoms with Crippen molar-refractivity contribution < 1.29 is 9.53 Å². The Kier molecular flexibility index (Phi) is 3.79. The summed E-state index contributed by atoms with van der Waals surface area (Å²) < 4.78 is 4.76. The number of carbonyl (C=O) groups is 1. The average Bonchev–Trinajstić information content (AvgIpc) is 2.89. The molecule has 0 amide bonds. The summed E-state index contributed by atoms with van der Waals surface area (Å²) in [7, 11) is 1.45. The summed E-state index contributed by atoms with van der Waals surface area (Å²) in [5.74, 6) is 2.42. The highest BCUT2D eigenvalue weighted by atomic mass is 35.5. The van der Waals surface area contributed by atoms with Crippen LogP contribution in [0.5, 0.6) is 0 Å². The van der Waals surface area contributed by atoms with Crippen molar-refractivity contribution in [1.29, 1.82) is 0 Å². The van der Waals surface area contributed by atoms with E-state index in [2.05, 4.69) is 35.6 Å². The van der Waals surface area contributed by atoms with E-state index < -0.39 is 0 Å². The zero-order valence-corrected chi connectivity index (χ0v) is 14.2. The van der Waals surface area contributed by atoms with E-state index in [0.717, 1.165) is 24.6 Å². The molecule has 3 atom stereocenters. The van der Waals surface area contributed by atoms with Crippen molar-refractivity contribution in [2.24, 2.45) is 17.8 Å². The maximum absolute atomic E-state index is 11.4. The van der Waals surface area contributed by atoms with Gasteiger partial charge in [0.15, 0.2) is 0 Å². The Morgan fingerprint density at radius 1 is 1.36 bits per heavy atom. The van der Waals surface area contributed by atoms with Crippen molar-refractivity contribution >= 4 is 23.4 Å². The van der Waals surface area contributed by atoms with E-state index >= 15 is 0 Å². The quantitative estimate of drug-likeness (QED) is 0.632. The minimum atomic E-state index is -0.106. The molecule has 1 aromatic rings. The summed E-state index contributed by atoms with van der Waals surface area (Å²) >= 11 is 6.09. The summed E-state index contributed by atoms with van der Waals surface area (Å²) in [5, 5.41) is 0.300. The fourth-order valence-corrected chi connectivity index (χ4v) is 3.54. The number of hydrogen-bond acceptors (Lipinski definition) is 5. The minimum absolute atomic E-state index is 0.0581. The number of methoxy groups -OCH3 is 1. The number of piperidine rings is 1. The van der Waals surface area contributed by atoms with Crippen LogP contribution in [-0.4, -0.2) is 36.1 Å². The van der Waals surface area contributed by atoms with Crippen LogP contribution in [0.25, 0.3) is 0 Å². The Morgan fingerprint density at radius 3 is 2.55 bits per heavy atom. The fraction of sp³-hybridized carbons (Fsp3) is 0.688. The molecule has 5 nitrogen and oxygen atoms in total. The molecule has 1 aliphatic heterocycles. The van der Waals surface area contributed by atoms with Crippen molar-refractivity contribution in [3.05, 3.63) is 17.0 Å². The second kappa shape index (κ2) is 5.37. The molecule has 0 spiro atoms. The van der Waals surface area contributed by atoms with Crippen LogP contribution in [0.1, 0.15) is 32.9 Å². The van der Waals surface area contributed by atoms with Crippen LogP contribution in [0, 0.1) is 17.8 Å². The summed E-state index contributed by atoms with van der Waals surface area (Å²) in [6.07, 6.45) is 0.539. The van der Waals surface area contributed by atoms with Crippen molar-refractivity contribution in [2.45, 2.75) is 32.6 Å². The molecule has 2 heterocycles. The molecule has 0 aromatic carbocycles. The average molecular weight is 324 g/mol. The van der Waals surface area contributed by atoms with E-state index in [9.17, 15) is 4.79 Å². The zero-order valence-electron chi connectivity index (χ0n) is 13.5. The van der Waals surface area contributed by atoms with Gasteiger partial charge >= 0.3 is 5.97 Å². The third-order valence-electron chi connectivity index (χ3n) is 4.78. The van der Waals surface area contributed by atoms with E-state index in [4.69, 9.17) is 16.3 Å². The molecule has 22 heavy (non-hydrogen) atoms. The molecule has 1 saturated carbocycles. The Hall–Kier alpha value is -1.36. The van der Waals surface area contributed by atoms with Gasteiger partial charge in [0.1, 0.15) is 5.82 Å². The molecule has 0 N–H and O–H groups in total. The number of fused-ring (bicyclic) bond motifs is 1. The van der Waals surface area contributed by atoms with Gasteiger partial charge in [-0.25, -0.2) is 9.97 Å². The smallest absolute Gasteiger partial charge is 0.305 e. The van der Waals surface area contributed by atoms with Crippen LogP contribution in [-0.2, 0) is 14.9 Å². The lowest BCUT2D eigenvalue weighted by molar-refractivity contribution is -0.141. The van der Waals surface area contributed by atoms with Crippen LogP contribution < -0.4 is 4.90 Å². The van der Waals surface area contributed by atoms with Gasteiger partial charge in [-0.3, -0.25) is 4.79 Å². The van der Waals surface area contributed by atoms with E-state index in [1.165, 1.54) is 7.11 Å². The van der Waals surface area contributed by atoms with Gasteiger partial charge in [0.2, 0.25) is 5.28 Å². The van der Waals surface area contributed by atoms with Crippen molar-refractivity contribution in [3.63, 3.8) is 0 Å². The van der Waals surface area contributed by atoms with Gasteiger partial charge in [0.05, 0.1) is 12.8 Å². The largest absolute Gasteiger partial charge is 0.469 e. The molecule has 1 saturated heterocycles. The van der Waals surface area contributed by atoms with E-state index in [-0.39, 0.29) is 11.4 Å². The maximum atomic E-state index is 11.4. The van der Waals surface area contributed by atoms with Gasteiger partial charge in [-0.15, -0.1) is 0 Å². The Balaban J connectivity index is 1.69. The molecular formula is C16H22ClN3O2. The Morgan fingerprint density at radius 2 is 2.00 bits per heavy atom. The fourth-order valence-electron chi connectivity index (χ4n) is 3.37. The van der Waals surface area contributed by atoms with Gasteiger partial charge in [-0.05, 0) is 29.4 Å². The molecule has 1 aromatic heterocycles. The number of nitrogens with zero attached hydrogens (tertiary/aromatic N) is 3. The van der Waals surface area contributed by atoms with Crippen molar-refractivity contribution in [2.75, 3.05) is 25.1 Å². The van der Waals surface area contributed by atoms with Gasteiger partial charge < -0.3 is 9.64 Å². The van der Waals surface area contributed by atoms with Gasteiger partial charge in [-0.1, -0.05) is 20.8 Å². The standard InChI is InChI=1S/C16H22ClN3O2/c1-16(2,3)12-6-13(19-15(17)18-12)20-7-10-9(11(10)8-20)5-14(21)22-4/h6,9-11H,5,7-8H2,1-4H3/t9?,10-,11+. The first-order chi connectivity index (χ1) is 10.3. The molecule has 6 heteroatoms. The van der Waals surface area contributed by atoms with Crippen LogP contribution >= 0.6 is 11.6 Å². The van der Waals surface area contributed by atoms with Gasteiger partial charge in [-0.2, -0.15) is 0 Å². The van der Waals surface area contributed by atoms with E-state index in [1.54, 1.807) is 0 Å². The predicted octanol–water partition coefficient (Wildman–Crippen LogP) is 2.67. The lowest BCUT2D eigenvalue weighted by Gasteiger charge is -2.24. The van der Waals surface area contributed by atoms with Gasteiger partial charge in [0.25, 0.3) is 0 Å². The lowest BCUT2D eigenvalue weighted by atomic mass is 9.92. The second-order valence-electron chi connectivity index (χ2n) is 7.31. The molecule has 0 radical (unpaired) electrons. The topological polar surface area (TPSA) is 55.3 Å². The maximum Gasteiger partial charge on any atom is 0.305 e. The molecule has 120 valence electrons. The van der Waals surface area contributed by atoms with Gasteiger partial charge in [0, 0.05) is 31.0 Å². The predicted molar refractivity (Wildman–Crippen MR) is 85.1 cm³/mol. The van der Waals surface area contributed by atoms with Crippen LogP contribution in [0.3, 0.4) is 0 Å². The number of ether oxygens (including phenoxy) is 1. The number of halogens is 1. The second-order valence-corrected chi connectivity index (χ2v) is 7.65. The Bertz CT molecular complexity index is 588. The van der Waals surface area contributed by atoms with Crippen LogP contribution in [0.4, 0.5) is 5.82 Å². The number of carbonyl (C=O) groups excluding carboxylic acids is 1. The highest BCUT2D eigenvalue weighted by Gasteiger charge is 2.56. The number of hydrogen-bond donors (Lipinski definition) is 0. The first-order valence-corrected chi connectivity index (χ1v) is 8.04. The molecular weight excluding hydrogens is 302 g/mol. The summed E-state index contributed by atoms with van der Waals surface area (Å²) in [6.45, 7) is 8.21. The van der Waals surface area contributed by atoms with Crippen molar-refractivity contribution in [3.8, 4) is 0 Å². The third kappa shape index (κ3) is 2.91. The summed E-state index contributed by atoms with van der Waals surface area (Å²) in [4.78, 5) is 22.3. The number of aromatic nitrogens is 2. The molecule has 1 aliphatic carbocycles. The summed E-state index contributed by atoms with van der Waals surface area (Å²) in [5.41, 5.74) is 0.895. The first kappa shape index (κ1) is 15.5. The SMILES string of the molecule is COC(=O)CC1[C@H]2CN(c3cc(C(C)(C)C)nc(Cl)n3)C[C@@H]12. The molecule has 0 bridgehead atoms. The third-order valence-corrected chi connectivity index (χ3v) is 4.95. The minimum Gasteiger partial charge on any atom is -0.469 e. The molecule has 2 fully saturated rings. The number of esters is 1. The molecule has 2 aliphatic rings. The monoisotopic (exact) mass is 323 g/mol. The molecule has 1 unspecified atom stereocenters. The Labute approximate surface area is 136 Å².